The molecular formula is C21H26NO4+. The monoisotopic (exact) mass is 356 g/mol. The highest BCUT2D eigenvalue weighted by molar-refractivity contribution is 5.90. The van der Waals surface area contributed by atoms with E-state index in [0.717, 1.165) is 36.0 Å². The molecule has 5 rings (SSSR count). The predicted molar refractivity (Wildman–Crippen MR) is 96.4 cm³/mol. The number of benzene rings is 1. The number of likely N-dealkylation sites (N-methyl/N-ethyl adjacent to an activating group) is 1. The van der Waals surface area contributed by atoms with Gasteiger partial charge in [0.25, 0.3) is 0 Å². The number of ether oxygens (including phenoxy) is 2. The van der Waals surface area contributed by atoms with Crippen molar-refractivity contribution in [2.45, 2.75) is 48.8 Å². The topological polar surface area (TPSA) is 55.8 Å². The summed E-state index contributed by atoms with van der Waals surface area (Å²) >= 11 is 0. The van der Waals surface area contributed by atoms with Crippen molar-refractivity contribution >= 4 is 5.78 Å². The first-order valence-corrected chi connectivity index (χ1v) is 9.48. The Bertz CT molecular complexity index is 836. The SMILES string of the molecule is C=CC[N@@+]1(C)CC[C@]23c4c5ccc(O)c4O[C@H]2C(=O)CC[C@@]3(OC)[C@H]1C5. The Morgan fingerprint density at radius 2 is 2.27 bits per heavy atom. The second-order valence-electron chi connectivity index (χ2n) is 8.62. The lowest BCUT2D eigenvalue weighted by Gasteiger charge is -2.65. The molecule has 2 heterocycles. The summed E-state index contributed by atoms with van der Waals surface area (Å²) in [4.78, 5) is 12.9. The number of nitrogens with zero attached hydrogens (tertiary/aromatic N) is 1. The number of piperidine rings is 1. The second-order valence-corrected chi connectivity index (χ2v) is 8.62. The number of phenolic OH excluding ortho intramolecular Hbond substituents is 1. The van der Waals surface area contributed by atoms with Gasteiger partial charge in [0, 0.05) is 31.9 Å². The number of quaternary nitrogens is 1. The Labute approximate surface area is 153 Å². The van der Waals surface area contributed by atoms with Crippen LogP contribution in [0.4, 0.5) is 0 Å². The summed E-state index contributed by atoms with van der Waals surface area (Å²) in [7, 11) is 4.07. The average Bonchev–Trinajstić information content (AvgIpc) is 2.99. The number of aromatic hydroxyl groups is 1. The van der Waals surface area contributed by atoms with Crippen LogP contribution in [0.5, 0.6) is 11.5 Å². The molecule has 0 amide bonds. The van der Waals surface area contributed by atoms with Crippen molar-refractivity contribution in [3.8, 4) is 11.5 Å². The number of carbonyl (C=O) groups is 1. The number of ketones is 1. The van der Waals surface area contributed by atoms with Gasteiger partial charge in [-0.3, -0.25) is 4.79 Å². The van der Waals surface area contributed by atoms with E-state index >= 15 is 0 Å². The van der Waals surface area contributed by atoms with E-state index in [2.05, 4.69) is 13.6 Å². The Hall–Kier alpha value is -1.85. The molecule has 5 atom stereocenters. The molecule has 0 radical (unpaired) electrons. The zero-order valence-electron chi connectivity index (χ0n) is 15.5. The van der Waals surface area contributed by atoms with Crippen LogP contribution >= 0.6 is 0 Å². The van der Waals surface area contributed by atoms with Gasteiger partial charge in [-0.25, -0.2) is 0 Å². The Kier molecular flexibility index (Phi) is 3.08. The van der Waals surface area contributed by atoms with Crippen LogP contribution in [-0.2, 0) is 21.4 Å². The van der Waals surface area contributed by atoms with Gasteiger partial charge < -0.3 is 19.1 Å². The van der Waals surface area contributed by atoms with Crippen LogP contribution in [-0.4, -0.2) is 60.4 Å². The number of carbonyl (C=O) groups excluding carboxylic acids is 1. The van der Waals surface area contributed by atoms with Gasteiger partial charge >= 0.3 is 0 Å². The summed E-state index contributed by atoms with van der Waals surface area (Å²) in [6, 6.07) is 3.96. The number of likely N-dealkylation sites (tertiary alicyclic amines) is 1. The first kappa shape index (κ1) is 16.3. The molecule has 1 aromatic carbocycles. The lowest BCUT2D eigenvalue weighted by atomic mass is 9.48. The summed E-state index contributed by atoms with van der Waals surface area (Å²) in [6.45, 7) is 5.81. The quantitative estimate of drug-likeness (QED) is 0.666. The third kappa shape index (κ3) is 1.54. The molecule has 1 saturated heterocycles. The molecule has 1 saturated carbocycles. The van der Waals surface area contributed by atoms with Gasteiger partial charge in [0.1, 0.15) is 11.6 Å². The van der Waals surface area contributed by atoms with Gasteiger partial charge in [-0.2, -0.15) is 0 Å². The molecule has 1 aromatic rings. The van der Waals surface area contributed by atoms with Crippen LogP contribution in [0.2, 0.25) is 0 Å². The number of rotatable bonds is 3. The number of hydrogen-bond acceptors (Lipinski definition) is 4. The van der Waals surface area contributed by atoms with Crippen LogP contribution in [0.1, 0.15) is 30.4 Å². The highest BCUT2D eigenvalue weighted by Gasteiger charge is 2.77. The predicted octanol–water partition coefficient (Wildman–Crippen LogP) is 2.10. The fourth-order valence-corrected chi connectivity index (χ4v) is 6.73. The number of methoxy groups -OCH3 is 1. The molecule has 5 heteroatoms. The minimum Gasteiger partial charge on any atom is -0.504 e. The maximum Gasteiger partial charge on any atom is 0.174 e. The molecule has 0 aromatic heterocycles. The van der Waals surface area contributed by atoms with E-state index in [0.29, 0.717) is 18.6 Å². The Morgan fingerprint density at radius 1 is 1.46 bits per heavy atom. The maximum atomic E-state index is 12.9. The fourth-order valence-electron chi connectivity index (χ4n) is 6.73. The standard InChI is InChI=1S/C21H25NO4/c1-4-10-22(2)11-9-20-17-13-5-6-14(23)18(17)26-19(20)15(24)7-8-21(20,25-3)16(22)12-13/h4-6,16,19H,1,7-12H2,2-3H3/p+1/t16-,19+,20+,21-,22+/m1/s1. The van der Waals surface area contributed by atoms with Crippen molar-refractivity contribution in [1.82, 2.24) is 0 Å². The third-order valence-corrected chi connectivity index (χ3v) is 7.77. The number of hydrogen-bond donors (Lipinski definition) is 1. The van der Waals surface area contributed by atoms with Crippen molar-refractivity contribution in [3.63, 3.8) is 0 Å². The minimum atomic E-state index is -0.543. The Morgan fingerprint density at radius 3 is 3.00 bits per heavy atom. The van der Waals surface area contributed by atoms with Crippen LogP contribution in [0.3, 0.4) is 0 Å². The zero-order valence-corrected chi connectivity index (χ0v) is 15.5. The molecule has 26 heavy (non-hydrogen) atoms. The van der Waals surface area contributed by atoms with Crippen LogP contribution in [0.15, 0.2) is 24.8 Å². The molecule has 2 bridgehead atoms. The fraction of sp³-hybridized carbons (Fsp3) is 0.571. The molecule has 2 aliphatic carbocycles. The van der Waals surface area contributed by atoms with Crippen LogP contribution in [0.25, 0.3) is 0 Å². The van der Waals surface area contributed by atoms with Gasteiger partial charge in [-0.1, -0.05) is 12.6 Å². The Balaban J connectivity index is 1.84. The van der Waals surface area contributed by atoms with Gasteiger partial charge in [-0.05, 0) is 24.1 Å². The van der Waals surface area contributed by atoms with Crippen LogP contribution < -0.4 is 4.74 Å². The number of Topliss-reactive ketones (excluding diaryl/α,β-unsaturated/α-hetero) is 1. The molecule has 138 valence electrons. The molecule has 2 fully saturated rings. The summed E-state index contributed by atoms with van der Waals surface area (Å²) in [6.07, 6.45) is 4.32. The molecule has 0 unspecified atom stereocenters. The van der Waals surface area contributed by atoms with Crippen molar-refractivity contribution in [1.29, 1.82) is 0 Å². The minimum absolute atomic E-state index is 0.137. The molecular weight excluding hydrogens is 330 g/mol. The first-order chi connectivity index (χ1) is 12.4. The van der Waals surface area contributed by atoms with Gasteiger partial charge in [-0.15, -0.1) is 0 Å². The third-order valence-electron chi connectivity index (χ3n) is 7.77. The largest absolute Gasteiger partial charge is 0.504 e. The van der Waals surface area contributed by atoms with Crippen LogP contribution in [0, 0.1) is 0 Å². The summed E-state index contributed by atoms with van der Waals surface area (Å²) in [5, 5.41) is 10.4. The average molecular weight is 356 g/mol. The van der Waals surface area contributed by atoms with E-state index in [4.69, 9.17) is 9.47 Å². The molecule has 1 N–H and O–H groups in total. The van der Waals surface area contributed by atoms with Crippen molar-refractivity contribution in [3.05, 3.63) is 35.9 Å². The van der Waals surface area contributed by atoms with E-state index in [9.17, 15) is 9.90 Å². The second kappa shape index (κ2) is 4.90. The summed E-state index contributed by atoms with van der Waals surface area (Å²) in [5.74, 6) is 0.792. The summed E-state index contributed by atoms with van der Waals surface area (Å²) < 4.78 is 13.4. The van der Waals surface area contributed by atoms with E-state index in [1.54, 1.807) is 13.2 Å². The molecule has 1 spiro atoms. The highest BCUT2D eigenvalue weighted by Crippen LogP contribution is 2.66. The van der Waals surface area contributed by atoms with E-state index in [1.807, 2.05) is 12.1 Å². The molecule has 2 aliphatic heterocycles. The lowest BCUT2D eigenvalue weighted by Crippen LogP contribution is -2.81. The van der Waals surface area contributed by atoms with E-state index in [-0.39, 0.29) is 17.6 Å². The van der Waals surface area contributed by atoms with Crippen molar-refractivity contribution < 1.29 is 23.9 Å². The lowest BCUT2D eigenvalue weighted by molar-refractivity contribution is -0.944. The summed E-state index contributed by atoms with van der Waals surface area (Å²) in [5.41, 5.74) is 1.30. The van der Waals surface area contributed by atoms with Gasteiger partial charge in [0.2, 0.25) is 0 Å². The van der Waals surface area contributed by atoms with Crippen molar-refractivity contribution in [2.75, 3.05) is 27.2 Å². The van der Waals surface area contributed by atoms with E-state index < -0.39 is 17.1 Å². The molecule has 4 aliphatic rings. The molecule has 5 nitrogen and oxygen atoms in total. The van der Waals surface area contributed by atoms with Gasteiger partial charge in [0.15, 0.2) is 23.4 Å². The maximum absolute atomic E-state index is 12.9. The highest BCUT2D eigenvalue weighted by atomic mass is 16.5. The smallest absolute Gasteiger partial charge is 0.174 e. The zero-order chi connectivity index (χ0) is 18.3. The number of phenols is 1. The normalized spacial score (nSPS) is 42.2. The first-order valence-electron chi connectivity index (χ1n) is 9.48. The van der Waals surface area contributed by atoms with E-state index in [1.165, 1.54) is 5.56 Å². The van der Waals surface area contributed by atoms with Crippen molar-refractivity contribution in [2.24, 2.45) is 0 Å². The van der Waals surface area contributed by atoms with Gasteiger partial charge in [0.05, 0.1) is 25.6 Å².